The SMILES string of the molecule is N#Cc1c(N)ncc(-c2ccccc2)c1-c1ccccc1OCc1ccccc1. The molecule has 0 amide bonds. The molecule has 1 heterocycles. The highest BCUT2D eigenvalue weighted by atomic mass is 16.5. The molecular weight excluding hydrogens is 358 g/mol. The monoisotopic (exact) mass is 377 g/mol. The van der Waals surface area contributed by atoms with E-state index < -0.39 is 0 Å². The van der Waals surface area contributed by atoms with Crippen LogP contribution >= 0.6 is 0 Å². The van der Waals surface area contributed by atoms with Gasteiger partial charge in [0.25, 0.3) is 0 Å². The minimum Gasteiger partial charge on any atom is -0.488 e. The summed E-state index contributed by atoms with van der Waals surface area (Å²) in [6, 6.07) is 29.8. The van der Waals surface area contributed by atoms with Crippen molar-refractivity contribution in [3.05, 3.63) is 102 Å². The van der Waals surface area contributed by atoms with Gasteiger partial charge in [-0.1, -0.05) is 78.9 Å². The number of nitrogens with two attached hydrogens (primary N) is 1. The Morgan fingerprint density at radius 2 is 1.48 bits per heavy atom. The van der Waals surface area contributed by atoms with Gasteiger partial charge in [0.15, 0.2) is 0 Å². The summed E-state index contributed by atoms with van der Waals surface area (Å²) in [6.07, 6.45) is 1.72. The second kappa shape index (κ2) is 8.28. The van der Waals surface area contributed by atoms with Crippen LogP contribution in [0.4, 0.5) is 5.82 Å². The lowest BCUT2D eigenvalue weighted by atomic mass is 9.92. The highest BCUT2D eigenvalue weighted by Gasteiger charge is 2.19. The van der Waals surface area contributed by atoms with Crippen molar-refractivity contribution in [3.63, 3.8) is 0 Å². The van der Waals surface area contributed by atoms with E-state index in [-0.39, 0.29) is 5.82 Å². The Hall–Kier alpha value is -4.10. The Labute approximate surface area is 169 Å². The fourth-order valence-corrected chi connectivity index (χ4v) is 3.29. The number of pyridine rings is 1. The first-order valence-corrected chi connectivity index (χ1v) is 9.28. The second-order valence-corrected chi connectivity index (χ2v) is 6.56. The van der Waals surface area contributed by atoms with Gasteiger partial charge in [-0.25, -0.2) is 4.98 Å². The molecule has 0 spiro atoms. The molecule has 0 bridgehead atoms. The molecule has 140 valence electrons. The standard InChI is InChI=1S/C25H19N3O/c26-15-21-24(22(16-28-25(21)27)19-11-5-2-6-12-19)20-13-7-8-14-23(20)29-17-18-9-3-1-4-10-18/h1-14,16H,17H2,(H2,27,28). The van der Waals surface area contributed by atoms with Crippen LogP contribution in [-0.2, 0) is 6.61 Å². The van der Waals surface area contributed by atoms with Crippen LogP contribution in [0.5, 0.6) is 5.75 Å². The van der Waals surface area contributed by atoms with Gasteiger partial charge in [-0.3, -0.25) is 0 Å². The molecule has 2 N–H and O–H groups in total. The molecule has 0 fully saturated rings. The summed E-state index contributed by atoms with van der Waals surface area (Å²) in [7, 11) is 0. The van der Waals surface area contributed by atoms with Gasteiger partial charge in [0.2, 0.25) is 0 Å². The third-order valence-corrected chi connectivity index (χ3v) is 4.70. The normalized spacial score (nSPS) is 10.3. The topological polar surface area (TPSA) is 71.9 Å². The molecule has 0 radical (unpaired) electrons. The van der Waals surface area contributed by atoms with E-state index in [1.54, 1.807) is 6.20 Å². The van der Waals surface area contributed by atoms with Gasteiger partial charge in [0.05, 0.1) is 0 Å². The zero-order chi connectivity index (χ0) is 20.1. The molecule has 0 unspecified atom stereocenters. The number of hydrogen-bond acceptors (Lipinski definition) is 4. The maximum absolute atomic E-state index is 9.82. The van der Waals surface area contributed by atoms with E-state index in [2.05, 4.69) is 11.1 Å². The number of hydrogen-bond donors (Lipinski definition) is 1. The number of nitriles is 1. The van der Waals surface area contributed by atoms with Crippen molar-refractivity contribution in [2.75, 3.05) is 5.73 Å². The van der Waals surface area contributed by atoms with Gasteiger partial charge in [-0.15, -0.1) is 0 Å². The van der Waals surface area contributed by atoms with E-state index in [0.29, 0.717) is 17.9 Å². The predicted molar refractivity (Wildman–Crippen MR) is 115 cm³/mol. The number of rotatable bonds is 5. The summed E-state index contributed by atoms with van der Waals surface area (Å²) in [5.74, 6) is 0.899. The largest absolute Gasteiger partial charge is 0.488 e. The smallest absolute Gasteiger partial charge is 0.141 e. The molecule has 4 heteroatoms. The molecule has 1 aromatic heterocycles. The number of benzene rings is 3. The summed E-state index contributed by atoms with van der Waals surface area (Å²) in [5, 5.41) is 9.82. The van der Waals surface area contributed by atoms with Crippen molar-refractivity contribution in [1.82, 2.24) is 4.98 Å². The van der Waals surface area contributed by atoms with E-state index in [1.165, 1.54) is 0 Å². The summed E-state index contributed by atoms with van der Waals surface area (Å²) in [6.45, 7) is 0.432. The fraction of sp³-hybridized carbons (Fsp3) is 0.0400. The first-order valence-electron chi connectivity index (χ1n) is 9.28. The first kappa shape index (κ1) is 18.3. The van der Waals surface area contributed by atoms with Crippen LogP contribution in [0.15, 0.2) is 91.1 Å². The van der Waals surface area contributed by atoms with Crippen molar-refractivity contribution in [1.29, 1.82) is 5.26 Å². The second-order valence-electron chi connectivity index (χ2n) is 6.56. The molecule has 4 rings (SSSR count). The van der Waals surface area contributed by atoms with Crippen molar-refractivity contribution in [3.8, 4) is 34.1 Å². The van der Waals surface area contributed by atoms with Crippen molar-refractivity contribution < 1.29 is 4.74 Å². The third-order valence-electron chi connectivity index (χ3n) is 4.70. The molecule has 0 saturated heterocycles. The highest BCUT2D eigenvalue weighted by molar-refractivity contribution is 5.91. The number of ether oxygens (including phenoxy) is 1. The summed E-state index contributed by atoms with van der Waals surface area (Å²) >= 11 is 0. The van der Waals surface area contributed by atoms with Gasteiger partial charge in [-0.2, -0.15) is 5.26 Å². The van der Waals surface area contributed by atoms with Gasteiger partial charge < -0.3 is 10.5 Å². The van der Waals surface area contributed by atoms with Crippen LogP contribution in [0.3, 0.4) is 0 Å². The molecule has 29 heavy (non-hydrogen) atoms. The van der Waals surface area contributed by atoms with Crippen LogP contribution in [-0.4, -0.2) is 4.98 Å². The Balaban J connectivity index is 1.85. The lowest BCUT2D eigenvalue weighted by molar-refractivity contribution is 0.307. The van der Waals surface area contributed by atoms with Gasteiger partial charge in [0.1, 0.15) is 29.8 Å². The Bertz CT molecular complexity index is 1170. The van der Waals surface area contributed by atoms with E-state index in [4.69, 9.17) is 10.5 Å². The molecule has 0 aliphatic rings. The van der Waals surface area contributed by atoms with Crippen LogP contribution in [0.2, 0.25) is 0 Å². The van der Waals surface area contributed by atoms with Crippen molar-refractivity contribution >= 4 is 5.82 Å². The summed E-state index contributed by atoms with van der Waals surface area (Å²) < 4.78 is 6.14. The van der Waals surface area contributed by atoms with Crippen LogP contribution < -0.4 is 10.5 Å². The predicted octanol–water partition coefficient (Wildman–Crippen LogP) is 5.45. The number of para-hydroxylation sites is 1. The van der Waals surface area contributed by atoms with Gasteiger partial charge in [-0.05, 0) is 17.2 Å². The third kappa shape index (κ3) is 3.80. The van der Waals surface area contributed by atoms with E-state index >= 15 is 0 Å². The van der Waals surface area contributed by atoms with Crippen LogP contribution in [0.25, 0.3) is 22.3 Å². The Morgan fingerprint density at radius 3 is 2.21 bits per heavy atom. The molecule has 0 aliphatic heterocycles. The maximum atomic E-state index is 9.82. The minimum atomic E-state index is 0.208. The van der Waals surface area contributed by atoms with Gasteiger partial charge in [0, 0.05) is 22.9 Å². The average Bonchev–Trinajstić information content (AvgIpc) is 2.79. The Morgan fingerprint density at radius 1 is 0.828 bits per heavy atom. The number of nitrogens with zero attached hydrogens (tertiary/aromatic N) is 2. The molecule has 0 aliphatic carbocycles. The van der Waals surface area contributed by atoms with Crippen LogP contribution in [0.1, 0.15) is 11.1 Å². The average molecular weight is 377 g/mol. The fourth-order valence-electron chi connectivity index (χ4n) is 3.29. The van der Waals surface area contributed by atoms with Crippen molar-refractivity contribution in [2.24, 2.45) is 0 Å². The molecule has 4 nitrogen and oxygen atoms in total. The lowest BCUT2D eigenvalue weighted by Crippen LogP contribution is -2.02. The Kier molecular flexibility index (Phi) is 5.22. The summed E-state index contributed by atoms with van der Waals surface area (Å²) in [4.78, 5) is 4.25. The molecule has 0 saturated carbocycles. The zero-order valence-corrected chi connectivity index (χ0v) is 15.7. The first-order chi connectivity index (χ1) is 14.3. The van der Waals surface area contributed by atoms with Gasteiger partial charge >= 0.3 is 0 Å². The summed E-state index contributed by atoms with van der Waals surface area (Å²) in [5.41, 5.74) is 10.8. The quantitative estimate of drug-likeness (QED) is 0.502. The van der Waals surface area contributed by atoms with E-state index in [0.717, 1.165) is 27.8 Å². The minimum absolute atomic E-state index is 0.208. The zero-order valence-electron chi connectivity index (χ0n) is 15.7. The number of nitrogen functional groups attached to an aromatic ring is 1. The maximum Gasteiger partial charge on any atom is 0.141 e. The molecule has 4 aromatic rings. The molecule has 0 atom stereocenters. The van der Waals surface area contributed by atoms with E-state index in [9.17, 15) is 5.26 Å². The molecular formula is C25H19N3O. The van der Waals surface area contributed by atoms with E-state index in [1.807, 2.05) is 84.9 Å². The van der Waals surface area contributed by atoms with Crippen molar-refractivity contribution in [2.45, 2.75) is 6.61 Å². The number of anilines is 1. The number of aromatic nitrogens is 1. The van der Waals surface area contributed by atoms with Crippen LogP contribution in [0, 0.1) is 11.3 Å². The molecule has 3 aromatic carbocycles. The lowest BCUT2D eigenvalue weighted by Gasteiger charge is -2.17. The highest BCUT2D eigenvalue weighted by Crippen LogP contribution is 2.40.